The van der Waals surface area contributed by atoms with Gasteiger partial charge in [0, 0.05) is 6.04 Å². The van der Waals surface area contributed by atoms with Crippen LogP contribution in [0.1, 0.15) is 85.0 Å². The molecule has 98 valence electrons. The van der Waals surface area contributed by atoms with Gasteiger partial charge in [-0.2, -0.15) is 0 Å². The first-order valence-corrected chi connectivity index (χ1v) is 7.54. The van der Waals surface area contributed by atoms with E-state index in [0.717, 1.165) is 5.92 Å². The van der Waals surface area contributed by atoms with E-state index in [0.29, 0.717) is 6.04 Å². The van der Waals surface area contributed by atoms with Crippen LogP contribution in [-0.2, 0) is 0 Å². The lowest BCUT2D eigenvalue weighted by Gasteiger charge is -2.22. The predicted octanol–water partition coefficient (Wildman–Crippen LogP) is 4.89. The monoisotopic (exact) mass is 227 g/mol. The summed E-state index contributed by atoms with van der Waals surface area (Å²) in [7, 11) is 0. The van der Waals surface area contributed by atoms with Crippen LogP contribution in [0.15, 0.2) is 0 Å². The maximum atomic E-state index is 5.73. The van der Waals surface area contributed by atoms with Gasteiger partial charge in [-0.3, -0.25) is 0 Å². The topological polar surface area (TPSA) is 26.0 Å². The van der Waals surface area contributed by atoms with Gasteiger partial charge in [0.05, 0.1) is 0 Å². The highest BCUT2D eigenvalue weighted by atomic mass is 14.6. The van der Waals surface area contributed by atoms with E-state index >= 15 is 0 Å². The molecule has 0 amide bonds. The van der Waals surface area contributed by atoms with Gasteiger partial charge in [-0.25, -0.2) is 0 Å². The minimum atomic E-state index is 0.513. The predicted molar refractivity (Wildman–Crippen MR) is 74.7 cm³/mol. The van der Waals surface area contributed by atoms with Crippen LogP contribution in [0.4, 0.5) is 0 Å². The molecule has 0 bridgehead atoms. The van der Waals surface area contributed by atoms with Crippen LogP contribution in [0.25, 0.3) is 0 Å². The highest BCUT2D eigenvalue weighted by molar-refractivity contribution is 4.71. The molecule has 2 fully saturated rings. The number of hydrogen-bond acceptors (Lipinski definition) is 1. The lowest BCUT2D eigenvalue weighted by atomic mass is 9.88. The molecule has 1 nitrogen and oxygen atoms in total. The van der Waals surface area contributed by atoms with E-state index in [9.17, 15) is 0 Å². The maximum Gasteiger partial charge on any atom is 0.00413 e. The van der Waals surface area contributed by atoms with Crippen molar-refractivity contribution in [3.63, 3.8) is 0 Å². The summed E-state index contributed by atoms with van der Waals surface area (Å²) < 4.78 is 0. The molecule has 0 radical (unpaired) electrons. The van der Waals surface area contributed by atoms with E-state index < -0.39 is 0 Å². The molecule has 1 heteroatoms. The lowest BCUT2D eigenvalue weighted by Crippen LogP contribution is -2.26. The third-order valence-electron chi connectivity index (χ3n) is 3.48. The molecule has 0 aliphatic heterocycles. The average Bonchev–Trinajstić information content (AvgIpc) is 2.34. The first-order chi connectivity index (χ1) is 7.79. The van der Waals surface area contributed by atoms with Gasteiger partial charge in [0.2, 0.25) is 0 Å². The zero-order chi connectivity index (χ0) is 12.2. The second kappa shape index (κ2) is 11.4. The Kier molecular flexibility index (Phi) is 11.4. The number of rotatable bonds is 0. The summed E-state index contributed by atoms with van der Waals surface area (Å²) in [6.07, 6.45) is 14.3. The molecule has 2 rings (SSSR count). The van der Waals surface area contributed by atoms with Crippen molar-refractivity contribution in [2.75, 3.05) is 0 Å². The van der Waals surface area contributed by atoms with Crippen LogP contribution < -0.4 is 5.73 Å². The summed E-state index contributed by atoms with van der Waals surface area (Å²) in [6.45, 7) is 6.29. The first-order valence-electron chi connectivity index (χ1n) is 7.54. The van der Waals surface area contributed by atoms with Crippen molar-refractivity contribution in [3.05, 3.63) is 0 Å². The Morgan fingerprint density at radius 1 is 0.750 bits per heavy atom. The maximum absolute atomic E-state index is 5.73. The molecule has 16 heavy (non-hydrogen) atoms. The average molecular weight is 227 g/mol. The summed E-state index contributed by atoms with van der Waals surface area (Å²) in [5.74, 6) is 0.888. The second-order valence-corrected chi connectivity index (χ2v) is 5.15. The number of nitrogens with two attached hydrogens (primary N) is 1. The van der Waals surface area contributed by atoms with Crippen molar-refractivity contribution in [3.8, 4) is 0 Å². The van der Waals surface area contributed by atoms with Crippen LogP contribution in [0, 0.1) is 5.92 Å². The van der Waals surface area contributed by atoms with E-state index in [1.807, 2.05) is 13.8 Å². The van der Waals surface area contributed by atoms with Crippen LogP contribution in [-0.4, -0.2) is 6.04 Å². The van der Waals surface area contributed by atoms with Crippen molar-refractivity contribution in [2.45, 2.75) is 91.0 Å². The molecule has 2 saturated carbocycles. The Balaban J connectivity index is 0.000000251. The molecular weight excluding hydrogens is 194 g/mol. The summed E-state index contributed by atoms with van der Waals surface area (Å²) in [4.78, 5) is 0. The largest absolute Gasteiger partial charge is 0.328 e. The smallest absolute Gasteiger partial charge is 0.00413 e. The van der Waals surface area contributed by atoms with E-state index in [1.54, 1.807) is 0 Å². The zero-order valence-electron chi connectivity index (χ0n) is 11.8. The zero-order valence-corrected chi connectivity index (χ0v) is 11.8. The molecule has 2 aliphatic carbocycles. The highest BCUT2D eigenvalue weighted by Gasteiger charge is 2.13. The lowest BCUT2D eigenvalue weighted by molar-refractivity contribution is 0.344. The summed E-state index contributed by atoms with van der Waals surface area (Å²) >= 11 is 0. The standard InChI is InChI=1S/C7H15N.C6H12.C2H6/c1-6-3-2-4-7(8)5-6;1-2-4-6-5-3-1;1-2/h6-7H,2-5,8H2,1H3;1-6H2;1-2H3. The molecule has 2 atom stereocenters. The van der Waals surface area contributed by atoms with Gasteiger partial charge >= 0.3 is 0 Å². The van der Waals surface area contributed by atoms with E-state index in [2.05, 4.69) is 6.92 Å². The Hall–Kier alpha value is -0.0400. The molecule has 2 N–H and O–H groups in total. The van der Waals surface area contributed by atoms with Crippen LogP contribution in [0.3, 0.4) is 0 Å². The molecule has 2 unspecified atom stereocenters. The van der Waals surface area contributed by atoms with Crippen molar-refractivity contribution in [1.29, 1.82) is 0 Å². The molecular formula is C15H33N. The van der Waals surface area contributed by atoms with Gasteiger partial charge in [-0.15, -0.1) is 0 Å². The first kappa shape index (κ1) is 16.0. The van der Waals surface area contributed by atoms with Crippen LogP contribution >= 0.6 is 0 Å². The molecule has 0 saturated heterocycles. The molecule has 0 spiro atoms. The fourth-order valence-corrected chi connectivity index (χ4v) is 2.54. The fourth-order valence-electron chi connectivity index (χ4n) is 2.54. The molecule has 0 aromatic heterocycles. The Bertz CT molecular complexity index is 110. The van der Waals surface area contributed by atoms with Gasteiger partial charge in [0.1, 0.15) is 0 Å². The highest BCUT2D eigenvalue weighted by Crippen LogP contribution is 2.21. The van der Waals surface area contributed by atoms with E-state index in [4.69, 9.17) is 5.73 Å². The normalized spacial score (nSPS) is 29.2. The Labute approximate surface area is 103 Å². The van der Waals surface area contributed by atoms with Crippen molar-refractivity contribution < 1.29 is 0 Å². The summed E-state index contributed by atoms with van der Waals surface area (Å²) in [5.41, 5.74) is 5.73. The van der Waals surface area contributed by atoms with Crippen LogP contribution in [0.5, 0.6) is 0 Å². The third-order valence-corrected chi connectivity index (χ3v) is 3.48. The van der Waals surface area contributed by atoms with Gasteiger partial charge in [-0.05, 0) is 18.8 Å². The molecule has 0 heterocycles. The minimum absolute atomic E-state index is 0.513. The summed E-state index contributed by atoms with van der Waals surface area (Å²) in [5, 5.41) is 0. The Morgan fingerprint density at radius 3 is 1.44 bits per heavy atom. The third kappa shape index (κ3) is 9.21. The fraction of sp³-hybridized carbons (Fsp3) is 1.00. The van der Waals surface area contributed by atoms with Crippen molar-refractivity contribution in [2.24, 2.45) is 11.7 Å². The van der Waals surface area contributed by atoms with Crippen molar-refractivity contribution >= 4 is 0 Å². The summed E-state index contributed by atoms with van der Waals surface area (Å²) in [6, 6.07) is 0.513. The SMILES string of the molecule is C1CCCCC1.CC.CC1CCCC(N)C1. The second-order valence-electron chi connectivity index (χ2n) is 5.15. The van der Waals surface area contributed by atoms with Gasteiger partial charge in [0.15, 0.2) is 0 Å². The minimum Gasteiger partial charge on any atom is -0.328 e. The molecule has 0 aromatic carbocycles. The Morgan fingerprint density at radius 2 is 1.19 bits per heavy atom. The van der Waals surface area contributed by atoms with E-state index in [-0.39, 0.29) is 0 Å². The van der Waals surface area contributed by atoms with Gasteiger partial charge < -0.3 is 5.73 Å². The van der Waals surface area contributed by atoms with Crippen molar-refractivity contribution in [1.82, 2.24) is 0 Å². The van der Waals surface area contributed by atoms with Gasteiger partial charge in [0.25, 0.3) is 0 Å². The molecule has 0 aromatic rings. The number of hydrogen-bond donors (Lipinski definition) is 1. The molecule has 2 aliphatic rings. The quantitative estimate of drug-likeness (QED) is 0.626. The van der Waals surface area contributed by atoms with Gasteiger partial charge in [-0.1, -0.05) is 72.1 Å². The van der Waals surface area contributed by atoms with Crippen LogP contribution in [0.2, 0.25) is 0 Å². The van der Waals surface area contributed by atoms with E-state index in [1.165, 1.54) is 64.2 Å².